The number of benzene rings is 2. The number of hydrogen-bond donors (Lipinski definition) is 0. The van der Waals surface area contributed by atoms with Gasteiger partial charge >= 0.3 is 0 Å². The van der Waals surface area contributed by atoms with Crippen molar-refractivity contribution >= 4 is 22.6 Å². The largest absolute Gasteiger partial charge is 0.271 e. The van der Waals surface area contributed by atoms with Crippen LogP contribution in [0.2, 0.25) is 0 Å². The van der Waals surface area contributed by atoms with Crippen molar-refractivity contribution in [2.24, 2.45) is 0 Å². The van der Waals surface area contributed by atoms with Gasteiger partial charge in [-0.3, -0.25) is 19.5 Å². The van der Waals surface area contributed by atoms with E-state index in [1.165, 1.54) is 16.7 Å². The summed E-state index contributed by atoms with van der Waals surface area (Å²) in [6.45, 7) is 5.87. The third-order valence-corrected chi connectivity index (χ3v) is 3.74. The van der Waals surface area contributed by atoms with E-state index in [2.05, 4.69) is 4.98 Å². The Morgan fingerprint density at radius 2 is 1.79 bits per heavy atom. The van der Waals surface area contributed by atoms with Crippen molar-refractivity contribution in [1.29, 1.82) is 0 Å². The van der Waals surface area contributed by atoms with Crippen molar-refractivity contribution in [3.8, 4) is 0 Å². The first kappa shape index (κ1) is 15.9. The Hall–Kier alpha value is -3.02. The summed E-state index contributed by atoms with van der Waals surface area (Å²) in [7, 11) is 0. The fraction of sp³-hybridized carbons (Fsp3) is 0.222. The number of nitro groups is 1. The molecule has 0 spiro atoms. The van der Waals surface area contributed by atoms with Gasteiger partial charge in [0.25, 0.3) is 11.6 Å². The molecule has 0 aliphatic rings. The molecule has 0 aliphatic carbocycles. The minimum atomic E-state index is -0.472. The Kier molecular flexibility index (Phi) is 3.67. The van der Waals surface area contributed by atoms with E-state index in [1.807, 2.05) is 26.8 Å². The predicted octanol–water partition coefficient (Wildman–Crippen LogP) is 3.93. The number of fused-ring (bicyclic) bond motifs is 1. The van der Waals surface area contributed by atoms with Crippen LogP contribution in [-0.4, -0.2) is 20.4 Å². The highest BCUT2D eigenvalue weighted by Gasteiger charge is 2.27. The van der Waals surface area contributed by atoms with E-state index in [1.54, 1.807) is 30.3 Å². The first-order chi connectivity index (χ1) is 11.3. The molecule has 122 valence electrons. The van der Waals surface area contributed by atoms with E-state index in [-0.39, 0.29) is 11.6 Å². The average molecular weight is 323 g/mol. The van der Waals surface area contributed by atoms with Crippen LogP contribution in [-0.2, 0) is 5.41 Å². The maximum atomic E-state index is 13.0. The standard InChI is InChI=1S/C18H17N3O3/c1-18(2,3)17-19-14-10-9-13(21(23)24)11-15(14)20(17)16(22)12-7-5-4-6-8-12/h4-11H,1-3H3. The Morgan fingerprint density at radius 3 is 2.38 bits per heavy atom. The molecule has 1 heterocycles. The van der Waals surface area contributed by atoms with Gasteiger partial charge in [-0.15, -0.1) is 0 Å². The summed E-state index contributed by atoms with van der Waals surface area (Å²) in [6, 6.07) is 13.2. The number of nitro benzene ring substituents is 1. The quantitative estimate of drug-likeness (QED) is 0.529. The third kappa shape index (κ3) is 2.67. The number of non-ortho nitro benzene ring substituents is 1. The molecule has 0 N–H and O–H groups in total. The highest BCUT2D eigenvalue weighted by Crippen LogP contribution is 2.29. The highest BCUT2D eigenvalue weighted by molar-refractivity contribution is 6.02. The van der Waals surface area contributed by atoms with Gasteiger partial charge in [0, 0.05) is 23.1 Å². The summed E-state index contributed by atoms with van der Waals surface area (Å²) in [4.78, 5) is 28.2. The molecule has 2 aromatic carbocycles. The summed E-state index contributed by atoms with van der Waals surface area (Å²) in [5.74, 6) is 0.329. The Bertz CT molecular complexity index is 937. The van der Waals surface area contributed by atoms with Crippen LogP contribution in [0.25, 0.3) is 11.0 Å². The van der Waals surface area contributed by atoms with Crippen molar-refractivity contribution in [1.82, 2.24) is 9.55 Å². The third-order valence-electron chi connectivity index (χ3n) is 3.74. The molecule has 0 saturated heterocycles. The van der Waals surface area contributed by atoms with Crippen LogP contribution in [0.15, 0.2) is 48.5 Å². The van der Waals surface area contributed by atoms with Crippen molar-refractivity contribution in [2.45, 2.75) is 26.2 Å². The van der Waals surface area contributed by atoms with Gasteiger partial charge in [0.15, 0.2) is 0 Å². The molecule has 0 amide bonds. The summed E-state index contributed by atoms with van der Waals surface area (Å²) >= 11 is 0. The highest BCUT2D eigenvalue weighted by atomic mass is 16.6. The van der Waals surface area contributed by atoms with Crippen LogP contribution >= 0.6 is 0 Å². The van der Waals surface area contributed by atoms with Crippen molar-refractivity contribution < 1.29 is 9.72 Å². The van der Waals surface area contributed by atoms with Crippen molar-refractivity contribution in [3.63, 3.8) is 0 Å². The van der Waals surface area contributed by atoms with Crippen LogP contribution in [0.5, 0.6) is 0 Å². The van der Waals surface area contributed by atoms with E-state index in [0.717, 1.165) is 0 Å². The van der Waals surface area contributed by atoms with Gasteiger partial charge in [0.2, 0.25) is 0 Å². The summed E-state index contributed by atoms with van der Waals surface area (Å²) in [5.41, 5.74) is 1.06. The molecule has 0 radical (unpaired) electrons. The minimum absolute atomic E-state index is 0.0648. The van der Waals surface area contributed by atoms with E-state index >= 15 is 0 Å². The maximum absolute atomic E-state index is 13.0. The fourth-order valence-corrected chi connectivity index (χ4v) is 2.60. The molecule has 0 unspecified atom stereocenters. The molecule has 0 bridgehead atoms. The molecule has 3 rings (SSSR count). The normalized spacial score (nSPS) is 11.6. The zero-order chi connectivity index (χ0) is 17.5. The number of carbonyl (C=O) groups excluding carboxylic acids is 1. The van der Waals surface area contributed by atoms with E-state index in [4.69, 9.17) is 0 Å². The number of nitrogens with zero attached hydrogens (tertiary/aromatic N) is 3. The molecule has 0 fully saturated rings. The number of aromatic nitrogens is 2. The van der Waals surface area contributed by atoms with Crippen molar-refractivity contribution in [3.05, 3.63) is 70.0 Å². The SMILES string of the molecule is CC(C)(C)c1nc2ccc([N+](=O)[O-])cc2n1C(=O)c1ccccc1. The first-order valence-corrected chi connectivity index (χ1v) is 7.56. The lowest BCUT2D eigenvalue weighted by molar-refractivity contribution is -0.384. The number of carbonyl (C=O) groups is 1. The average Bonchev–Trinajstić information content (AvgIpc) is 2.93. The van der Waals surface area contributed by atoms with Crippen LogP contribution in [0.1, 0.15) is 37.0 Å². The van der Waals surface area contributed by atoms with Crippen molar-refractivity contribution in [2.75, 3.05) is 0 Å². The number of imidazole rings is 1. The zero-order valence-corrected chi connectivity index (χ0v) is 13.7. The molecular weight excluding hydrogens is 306 g/mol. The number of hydrogen-bond acceptors (Lipinski definition) is 4. The van der Waals surface area contributed by atoms with E-state index < -0.39 is 10.3 Å². The molecule has 1 aromatic heterocycles. The second-order valence-electron chi connectivity index (χ2n) is 6.62. The predicted molar refractivity (Wildman–Crippen MR) is 91.3 cm³/mol. The second kappa shape index (κ2) is 5.56. The molecule has 3 aromatic rings. The van der Waals surface area contributed by atoms with Gasteiger partial charge in [-0.2, -0.15) is 0 Å². The Morgan fingerprint density at radius 1 is 1.12 bits per heavy atom. The van der Waals surface area contributed by atoms with Crippen LogP contribution < -0.4 is 0 Å². The summed E-state index contributed by atoms with van der Waals surface area (Å²) in [5, 5.41) is 11.1. The fourth-order valence-electron chi connectivity index (χ4n) is 2.60. The molecule has 24 heavy (non-hydrogen) atoms. The van der Waals surface area contributed by atoms with Gasteiger partial charge in [0.1, 0.15) is 5.82 Å². The molecule has 0 saturated carbocycles. The van der Waals surface area contributed by atoms with E-state index in [9.17, 15) is 14.9 Å². The summed E-state index contributed by atoms with van der Waals surface area (Å²) < 4.78 is 1.48. The van der Waals surface area contributed by atoms with Gasteiger partial charge in [-0.1, -0.05) is 39.0 Å². The number of rotatable bonds is 2. The van der Waals surface area contributed by atoms with Crippen LogP contribution in [0, 0.1) is 10.1 Å². The smallest absolute Gasteiger partial charge is 0.268 e. The monoisotopic (exact) mass is 323 g/mol. The van der Waals surface area contributed by atoms with Gasteiger partial charge in [-0.05, 0) is 18.2 Å². The molecule has 0 atom stereocenters. The Balaban J connectivity index is 2.31. The lowest BCUT2D eigenvalue weighted by atomic mass is 9.95. The van der Waals surface area contributed by atoms with Crippen LogP contribution in [0.3, 0.4) is 0 Å². The van der Waals surface area contributed by atoms with Gasteiger partial charge < -0.3 is 0 Å². The lowest BCUT2D eigenvalue weighted by Gasteiger charge is -2.19. The molecule has 0 aliphatic heterocycles. The van der Waals surface area contributed by atoms with Gasteiger partial charge in [0.05, 0.1) is 16.0 Å². The second-order valence-corrected chi connectivity index (χ2v) is 6.62. The first-order valence-electron chi connectivity index (χ1n) is 7.56. The van der Waals surface area contributed by atoms with E-state index in [0.29, 0.717) is 22.4 Å². The minimum Gasteiger partial charge on any atom is -0.268 e. The van der Waals surface area contributed by atoms with Crippen LogP contribution in [0.4, 0.5) is 5.69 Å². The topological polar surface area (TPSA) is 78.0 Å². The zero-order valence-electron chi connectivity index (χ0n) is 13.7. The lowest BCUT2D eigenvalue weighted by Crippen LogP contribution is -2.24. The van der Waals surface area contributed by atoms with Gasteiger partial charge in [-0.25, -0.2) is 4.98 Å². The molecule has 6 nitrogen and oxygen atoms in total. The maximum Gasteiger partial charge on any atom is 0.271 e. The Labute approximate surface area is 138 Å². The molecular formula is C18H17N3O3. The molecule has 6 heteroatoms. The summed E-state index contributed by atoms with van der Waals surface area (Å²) in [6.07, 6.45) is 0.